The van der Waals surface area contributed by atoms with Crippen LogP contribution in [0.15, 0.2) is 54.6 Å². The van der Waals surface area contributed by atoms with Crippen LogP contribution in [0.5, 0.6) is 0 Å². The summed E-state index contributed by atoms with van der Waals surface area (Å²) in [4.78, 5) is 19.9. The molecule has 2 aromatic rings. The van der Waals surface area contributed by atoms with Gasteiger partial charge in [-0.15, -0.1) is 0 Å². The standard InChI is InChI=1S/C24H30ClN3O/c1-26(2)16-24-17-27(13-20-9-6-10-22(25)11-20)14-21(24)15-28(18-24)23(29)12-19-7-4-3-5-8-19/h3-11,21H,12-18H2,1-2H3. The predicted molar refractivity (Wildman–Crippen MR) is 118 cm³/mol. The van der Waals surface area contributed by atoms with Gasteiger partial charge in [0.25, 0.3) is 0 Å². The third-order valence-electron chi connectivity index (χ3n) is 6.31. The minimum atomic E-state index is 0.147. The van der Waals surface area contributed by atoms with Gasteiger partial charge in [0.2, 0.25) is 5.91 Å². The fourth-order valence-electron chi connectivity index (χ4n) is 5.23. The fraction of sp³-hybridized carbons (Fsp3) is 0.458. The van der Waals surface area contributed by atoms with Crippen LogP contribution in [0.2, 0.25) is 5.02 Å². The second kappa shape index (κ2) is 8.47. The first-order valence-corrected chi connectivity index (χ1v) is 10.7. The van der Waals surface area contributed by atoms with Crippen LogP contribution in [-0.4, -0.2) is 67.4 Å². The van der Waals surface area contributed by atoms with E-state index >= 15 is 0 Å². The van der Waals surface area contributed by atoms with Gasteiger partial charge in [-0.1, -0.05) is 54.1 Å². The van der Waals surface area contributed by atoms with Gasteiger partial charge in [0.15, 0.2) is 0 Å². The van der Waals surface area contributed by atoms with Gasteiger partial charge in [-0.05, 0) is 43.3 Å². The molecule has 0 aliphatic carbocycles. The maximum absolute atomic E-state index is 13.0. The molecule has 2 aliphatic heterocycles. The van der Waals surface area contributed by atoms with E-state index in [9.17, 15) is 4.79 Å². The first-order valence-electron chi connectivity index (χ1n) is 10.4. The molecule has 29 heavy (non-hydrogen) atoms. The average Bonchev–Trinajstić information content (AvgIpc) is 3.15. The van der Waals surface area contributed by atoms with E-state index in [0.29, 0.717) is 12.3 Å². The molecular formula is C24H30ClN3O. The molecular weight excluding hydrogens is 382 g/mol. The van der Waals surface area contributed by atoms with Crippen LogP contribution in [0.1, 0.15) is 11.1 Å². The van der Waals surface area contributed by atoms with E-state index < -0.39 is 0 Å². The summed E-state index contributed by atoms with van der Waals surface area (Å²) in [6.45, 7) is 5.72. The zero-order chi connectivity index (χ0) is 20.4. The molecule has 5 heteroatoms. The summed E-state index contributed by atoms with van der Waals surface area (Å²) in [7, 11) is 4.28. The van der Waals surface area contributed by atoms with Crippen LogP contribution in [0, 0.1) is 11.3 Å². The third-order valence-corrected chi connectivity index (χ3v) is 6.54. The molecule has 2 aromatic carbocycles. The van der Waals surface area contributed by atoms with Crippen LogP contribution in [0.25, 0.3) is 0 Å². The summed E-state index contributed by atoms with van der Waals surface area (Å²) in [6, 6.07) is 18.2. The number of halogens is 1. The lowest BCUT2D eigenvalue weighted by Crippen LogP contribution is -2.43. The van der Waals surface area contributed by atoms with Crippen molar-refractivity contribution < 1.29 is 4.79 Å². The molecule has 1 amide bonds. The number of hydrogen-bond acceptors (Lipinski definition) is 3. The van der Waals surface area contributed by atoms with Gasteiger partial charge in [-0.2, -0.15) is 0 Å². The van der Waals surface area contributed by atoms with E-state index in [0.717, 1.165) is 49.9 Å². The average molecular weight is 412 g/mol. The van der Waals surface area contributed by atoms with Crippen molar-refractivity contribution in [3.8, 4) is 0 Å². The van der Waals surface area contributed by atoms with Crippen molar-refractivity contribution >= 4 is 17.5 Å². The number of fused-ring (bicyclic) bond motifs is 1. The predicted octanol–water partition coefficient (Wildman–Crippen LogP) is 3.40. The van der Waals surface area contributed by atoms with Crippen LogP contribution in [0.4, 0.5) is 0 Å². The molecule has 2 aliphatic rings. The van der Waals surface area contributed by atoms with Crippen molar-refractivity contribution in [2.45, 2.75) is 13.0 Å². The molecule has 0 spiro atoms. The van der Waals surface area contributed by atoms with E-state index in [1.807, 2.05) is 42.5 Å². The molecule has 0 bridgehead atoms. The largest absolute Gasteiger partial charge is 0.341 e. The summed E-state index contributed by atoms with van der Waals surface area (Å²) >= 11 is 6.17. The number of carbonyl (C=O) groups is 1. The molecule has 2 unspecified atom stereocenters. The van der Waals surface area contributed by atoms with Crippen molar-refractivity contribution in [2.75, 3.05) is 46.8 Å². The highest BCUT2D eigenvalue weighted by molar-refractivity contribution is 6.30. The Hall–Kier alpha value is -1.88. The minimum absolute atomic E-state index is 0.147. The number of rotatable bonds is 6. The van der Waals surface area contributed by atoms with Gasteiger partial charge in [-0.3, -0.25) is 9.69 Å². The number of amides is 1. The van der Waals surface area contributed by atoms with Gasteiger partial charge < -0.3 is 9.80 Å². The number of carbonyl (C=O) groups excluding carboxylic acids is 1. The Morgan fingerprint density at radius 1 is 1.07 bits per heavy atom. The Balaban J connectivity index is 1.45. The summed E-state index contributed by atoms with van der Waals surface area (Å²) in [5.74, 6) is 0.772. The Morgan fingerprint density at radius 3 is 2.55 bits per heavy atom. The van der Waals surface area contributed by atoms with Crippen LogP contribution < -0.4 is 0 Å². The van der Waals surface area contributed by atoms with Gasteiger partial charge in [0.1, 0.15) is 0 Å². The molecule has 4 nitrogen and oxygen atoms in total. The summed E-state index contributed by atoms with van der Waals surface area (Å²) in [6.07, 6.45) is 0.498. The second-order valence-electron chi connectivity index (χ2n) is 9.03. The Labute approximate surface area is 179 Å². The lowest BCUT2D eigenvalue weighted by molar-refractivity contribution is -0.130. The van der Waals surface area contributed by atoms with Gasteiger partial charge in [-0.25, -0.2) is 0 Å². The van der Waals surface area contributed by atoms with Crippen LogP contribution in [0.3, 0.4) is 0 Å². The van der Waals surface area contributed by atoms with Crippen LogP contribution in [-0.2, 0) is 17.8 Å². The van der Waals surface area contributed by atoms with Crippen LogP contribution >= 0.6 is 11.6 Å². The Kier molecular flexibility index (Phi) is 5.95. The van der Waals surface area contributed by atoms with E-state index in [2.05, 4.69) is 40.9 Å². The topological polar surface area (TPSA) is 26.8 Å². The monoisotopic (exact) mass is 411 g/mol. The minimum Gasteiger partial charge on any atom is -0.341 e. The van der Waals surface area contributed by atoms with Gasteiger partial charge >= 0.3 is 0 Å². The molecule has 2 saturated heterocycles. The quantitative estimate of drug-likeness (QED) is 0.728. The maximum atomic E-state index is 13.0. The lowest BCUT2D eigenvalue weighted by Gasteiger charge is -2.32. The van der Waals surface area contributed by atoms with Gasteiger partial charge in [0, 0.05) is 49.7 Å². The highest BCUT2D eigenvalue weighted by Crippen LogP contribution is 2.43. The van der Waals surface area contributed by atoms with Gasteiger partial charge in [0.05, 0.1) is 6.42 Å². The third kappa shape index (κ3) is 4.66. The molecule has 2 heterocycles. The number of likely N-dealkylation sites (tertiary alicyclic amines) is 2. The molecule has 0 aromatic heterocycles. The fourth-order valence-corrected chi connectivity index (χ4v) is 5.44. The summed E-state index contributed by atoms with van der Waals surface area (Å²) in [5.41, 5.74) is 2.50. The normalized spacial score (nSPS) is 24.3. The maximum Gasteiger partial charge on any atom is 0.227 e. The number of nitrogens with zero attached hydrogens (tertiary/aromatic N) is 3. The molecule has 2 fully saturated rings. The lowest BCUT2D eigenvalue weighted by atomic mass is 9.80. The zero-order valence-electron chi connectivity index (χ0n) is 17.4. The molecule has 0 saturated carbocycles. The van der Waals surface area contributed by atoms with E-state index in [-0.39, 0.29) is 11.3 Å². The smallest absolute Gasteiger partial charge is 0.227 e. The zero-order valence-corrected chi connectivity index (χ0v) is 18.1. The first kappa shape index (κ1) is 20.4. The molecule has 2 atom stereocenters. The Morgan fingerprint density at radius 2 is 1.83 bits per heavy atom. The first-order chi connectivity index (χ1) is 13.9. The highest BCUT2D eigenvalue weighted by atomic mass is 35.5. The molecule has 0 radical (unpaired) electrons. The van der Waals surface area contributed by atoms with Crippen molar-refractivity contribution in [1.82, 2.24) is 14.7 Å². The highest BCUT2D eigenvalue weighted by Gasteiger charge is 2.53. The van der Waals surface area contributed by atoms with Crippen molar-refractivity contribution in [3.63, 3.8) is 0 Å². The molecule has 0 N–H and O–H groups in total. The van der Waals surface area contributed by atoms with Crippen molar-refractivity contribution in [2.24, 2.45) is 11.3 Å². The molecule has 154 valence electrons. The SMILES string of the molecule is CN(C)CC12CN(Cc3cccc(Cl)c3)CC1CN(C(=O)Cc1ccccc1)C2. The summed E-state index contributed by atoms with van der Waals surface area (Å²) < 4.78 is 0. The summed E-state index contributed by atoms with van der Waals surface area (Å²) in [5, 5.41) is 0.794. The number of benzene rings is 2. The van der Waals surface area contributed by atoms with E-state index in [1.165, 1.54) is 5.56 Å². The van der Waals surface area contributed by atoms with E-state index in [4.69, 9.17) is 11.6 Å². The molecule has 4 rings (SSSR count). The van der Waals surface area contributed by atoms with E-state index in [1.54, 1.807) is 0 Å². The Bertz CT molecular complexity index is 856. The van der Waals surface area contributed by atoms with Crippen molar-refractivity contribution in [3.05, 3.63) is 70.7 Å². The second-order valence-corrected chi connectivity index (χ2v) is 9.47. The number of hydrogen-bond donors (Lipinski definition) is 0. The van der Waals surface area contributed by atoms with Crippen molar-refractivity contribution in [1.29, 1.82) is 0 Å².